The molecule has 0 aliphatic heterocycles. The molecule has 0 saturated carbocycles. The fraction of sp³-hybridized carbons (Fsp3) is 0.400. The summed E-state index contributed by atoms with van der Waals surface area (Å²) in [6.07, 6.45) is -2.99. The van der Waals surface area contributed by atoms with E-state index in [0.717, 1.165) is 0 Å². The first kappa shape index (κ1) is 12.4. The normalized spacial score (nSPS) is 10.6. The molecule has 0 unspecified atom stereocenters. The van der Waals surface area contributed by atoms with Gasteiger partial charge in [0, 0.05) is 0 Å². The summed E-state index contributed by atoms with van der Waals surface area (Å²) in [5.41, 5.74) is 5.67. The number of pyridine rings is 1. The number of rotatable bonds is 3. The largest absolute Gasteiger partial charge is 0.469 e. The number of aromatic nitrogens is 1. The van der Waals surface area contributed by atoms with Crippen molar-refractivity contribution in [2.24, 2.45) is 0 Å². The molecule has 1 heterocycles. The number of carbonyl (C=O) groups is 1. The van der Waals surface area contributed by atoms with Crippen molar-refractivity contribution in [2.75, 3.05) is 12.8 Å². The molecular formula is C10H12F2N2O2. The molecule has 4 nitrogen and oxygen atoms in total. The summed E-state index contributed by atoms with van der Waals surface area (Å²) in [6.45, 7) is 1.64. The van der Waals surface area contributed by atoms with E-state index in [1.54, 1.807) is 6.92 Å². The van der Waals surface area contributed by atoms with E-state index >= 15 is 0 Å². The third-order valence-electron chi connectivity index (χ3n) is 2.13. The Labute approximate surface area is 91.4 Å². The Morgan fingerprint density at radius 3 is 2.75 bits per heavy atom. The predicted molar refractivity (Wildman–Crippen MR) is 54.1 cm³/mol. The van der Waals surface area contributed by atoms with Crippen LogP contribution in [0.2, 0.25) is 0 Å². The molecule has 0 fully saturated rings. The first-order valence-corrected chi connectivity index (χ1v) is 4.56. The summed E-state index contributed by atoms with van der Waals surface area (Å²) in [6, 6.07) is 1.43. The maximum absolute atomic E-state index is 12.6. The van der Waals surface area contributed by atoms with Gasteiger partial charge in [0.15, 0.2) is 0 Å². The molecule has 0 aliphatic rings. The lowest BCUT2D eigenvalue weighted by Crippen LogP contribution is -2.10. The molecule has 0 bridgehead atoms. The van der Waals surface area contributed by atoms with Gasteiger partial charge in [-0.15, -0.1) is 0 Å². The Morgan fingerprint density at radius 2 is 2.25 bits per heavy atom. The van der Waals surface area contributed by atoms with Crippen molar-refractivity contribution < 1.29 is 18.3 Å². The van der Waals surface area contributed by atoms with Crippen LogP contribution in [-0.2, 0) is 16.0 Å². The molecule has 1 rings (SSSR count). The van der Waals surface area contributed by atoms with Crippen LogP contribution >= 0.6 is 0 Å². The van der Waals surface area contributed by atoms with Crippen LogP contribution in [0.25, 0.3) is 0 Å². The molecular weight excluding hydrogens is 218 g/mol. The van der Waals surface area contributed by atoms with E-state index in [1.807, 2.05) is 0 Å². The van der Waals surface area contributed by atoms with Gasteiger partial charge in [-0.25, -0.2) is 13.8 Å². The predicted octanol–water partition coefficient (Wildman–Crippen LogP) is 1.63. The highest BCUT2D eigenvalue weighted by Crippen LogP contribution is 2.24. The van der Waals surface area contributed by atoms with Crippen molar-refractivity contribution in [3.63, 3.8) is 0 Å². The second-order valence-electron chi connectivity index (χ2n) is 3.29. The van der Waals surface area contributed by atoms with Crippen molar-refractivity contribution in [3.05, 3.63) is 22.9 Å². The highest BCUT2D eigenvalue weighted by Gasteiger charge is 2.18. The zero-order valence-electron chi connectivity index (χ0n) is 8.96. The molecule has 0 saturated heterocycles. The SMILES string of the molecule is COC(=O)Cc1cc(C)c(N)nc1C(F)F. The van der Waals surface area contributed by atoms with E-state index in [0.29, 0.717) is 5.56 Å². The minimum Gasteiger partial charge on any atom is -0.469 e. The highest BCUT2D eigenvalue weighted by molar-refractivity contribution is 5.73. The Balaban J connectivity index is 3.14. The van der Waals surface area contributed by atoms with Gasteiger partial charge < -0.3 is 10.5 Å². The monoisotopic (exact) mass is 230 g/mol. The molecule has 0 aliphatic carbocycles. The van der Waals surface area contributed by atoms with Gasteiger partial charge in [0.1, 0.15) is 11.5 Å². The van der Waals surface area contributed by atoms with Crippen LogP contribution in [0, 0.1) is 6.92 Å². The average Bonchev–Trinajstić information content (AvgIpc) is 2.22. The molecule has 1 aromatic heterocycles. The van der Waals surface area contributed by atoms with Gasteiger partial charge in [0.05, 0.1) is 13.5 Å². The van der Waals surface area contributed by atoms with Gasteiger partial charge in [-0.1, -0.05) is 0 Å². The molecule has 1 aromatic rings. The van der Waals surface area contributed by atoms with Crippen molar-refractivity contribution >= 4 is 11.8 Å². The number of carbonyl (C=O) groups excluding carboxylic acids is 1. The van der Waals surface area contributed by atoms with Crippen LogP contribution in [0.4, 0.5) is 14.6 Å². The van der Waals surface area contributed by atoms with Crippen molar-refractivity contribution in [2.45, 2.75) is 19.8 Å². The second-order valence-corrected chi connectivity index (χ2v) is 3.29. The highest BCUT2D eigenvalue weighted by atomic mass is 19.3. The van der Waals surface area contributed by atoms with Crippen LogP contribution in [0.3, 0.4) is 0 Å². The van der Waals surface area contributed by atoms with Gasteiger partial charge >= 0.3 is 5.97 Å². The van der Waals surface area contributed by atoms with E-state index in [4.69, 9.17) is 5.73 Å². The Bertz CT molecular complexity index is 408. The number of hydrogen-bond donors (Lipinski definition) is 1. The summed E-state index contributed by atoms with van der Waals surface area (Å²) < 4.78 is 29.7. The zero-order chi connectivity index (χ0) is 12.3. The summed E-state index contributed by atoms with van der Waals surface area (Å²) in [5.74, 6) is -0.545. The summed E-state index contributed by atoms with van der Waals surface area (Å²) in [4.78, 5) is 14.6. The number of esters is 1. The lowest BCUT2D eigenvalue weighted by molar-refractivity contribution is -0.139. The topological polar surface area (TPSA) is 65.2 Å². The molecule has 0 radical (unpaired) electrons. The quantitative estimate of drug-likeness (QED) is 0.801. The van der Waals surface area contributed by atoms with Crippen LogP contribution in [0.15, 0.2) is 6.07 Å². The molecule has 0 spiro atoms. The van der Waals surface area contributed by atoms with E-state index in [9.17, 15) is 13.6 Å². The molecule has 6 heteroatoms. The number of alkyl halides is 2. The fourth-order valence-corrected chi connectivity index (χ4v) is 1.26. The fourth-order valence-electron chi connectivity index (χ4n) is 1.26. The number of methoxy groups -OCH3 is 1. The van der Waals surface area contributed by atoms with Crippen LogP contribution in [-0.4, -0.2) is 18.1 Å². The summed E-state index contributed by atoms with van der Waals surface area (Å²) in [7, 11) is 1.20. The van der Waals surface area contributed by atoms with Crippen molar-refractivity contribution in [1.29, 1.82) is 0 Å². The number of halogens is 2. The number of anilines is 1. The van der Waals surface area contributed by atoms with Crippen molar-refractivity contribution in [1.82, 2.24) is 4.98 Å². The van der Waals surface area contributed by atoms with Crippen LogP contribution in [0.5, 0.6) is 0 Å². The molecule has 88 valence electrons. The van der Waals surface area contributed by atoms with Gasteiger partial charge in [-0.3, -0.25) is 4.79 Å². The smallest absolute Gasteiger partial charge is 0.310 e. The standard InChI is InChI=1S/C10H12F2N2O2/c1-5-3-6(4-7(15)16-2)8(9(11)12)14-10(5)13/h3,9H,4H2,1-2H3,(H2,13,14). The van der Waals surface area contributed by atoms with E-state index < -0.39 is 18.1 Å². The number of aryl methyl sites for hydroxylation is 1. The van der Waals surface area contributed by atoms with Crippen LogP contribution in [0.1, 0.15) is 23.2 Å². The number of nitrogens with two attached hydrogens (primary N) is 1. The molecule has 0 atom stereocenters. The average molecular weight is 230 g/mol. The molecule has 0 aromatic carbocycles. The van der Waals surface area contributed by atoms with Gasteiger partial charge in [-0.2, -0.15) is 0 Å². The lowest BCUT2D eigenvalue weighted by Gasteiger charge is -2.10. The maximum Gasteiger partial charge on any atom is 0.310 e. The van der Waals surface area contributed by atoms with Crippen LogP contribution < -0.4 is 5.73 Å². The number of nitrogen functional groups attached to an aromatic ring is 1. The lowest BCUT2D eigenvalue weighted by atomic mass is 10.1. The first-order valence-electron chi connectivity index (χ1n) is 4.56. The molecule has 16 heavy (non-hydrogen) atoms. The van der Waals surface area contributed by atoms with E-state index in [2.05, 4.69) is 9.72 Å². The minimum atomic E-state index is -2.76. The summed E-state index contributed by atoms with van der Waals surface area (Å²) in [5, 5.41) is 0. The zero-order valence-corrected chi connectivity index (χ0v) is 8.96. The van der Waals surface area contributed by atoms with E-state index in [-0.39, 0.29) is 17.8 Å². The third kappa shape index (κ3) is 2.65. The Morgan fingerprint density at radius 1 is 1.62 bits per heavy atom. The van der Waals surface area contributed by atoms with Gasteiger partial charge in [-0.05, 0) is 24.1 Å². The number of hydrogen-bond acceptors (Lipinski definition) is 4. The minimum absolute atomic E-state index is 0.0453. The van der Waals surface area contributed by atoms with Gasteiger partial charge in [0.25, 0.3) is 6.43 Å². The molecule has 2 N–H and O–H groups in total. The third-order valence-corrected chi connectivity index (χ3v) is 2.13. The van der Waals surface area contributed by atoms with Crippen molar-refractivity contribution in [3.8, 4) is 0 Å². The Kier molecular flexibility index (Phi) is 3.76. The maximum atomic E-state index is 12.6. The second kappa shape index (κ2) is 4.87. The van der Waals surface area contributed by atoms with Gasteiger partial charge in [0.2, 0.25) is 0 Å². The van der Waals surface area contributed by atoms with E-state index in [1.165, 1.54) is 13.2 Å². The number of nitrogens with zero attached hydrogens (tertiary/aromatic N) is 1. The summed E-state index contributed by atoms with van der Waals surface area (Å²) >= 11 is 0. The number of ether oxygens (including phenoxy) is 1. The molecule has 0 amide bonds. The Hall–Kier alpha value is -1.72. The first-order chi connectivity index (χ1) is 7.45.